The van der Waals surface area contributed by atoms with Gasteiger partial charge in [0.15, 0.2) is 28.5 Å². The van der Waals surface area contributed by atoms with E-state index in [2.05, 4.69) is 15.2 Å². The molecule has 1 atom stereocenters. The Hall–Kier alpha value is -4.29. The van der Waals surface area contributed by atoms with Gasteiger partial charge in [0.25, 0.3) is 0 Å². The second-order valence-corrected chi connectivity index (χ2v) is 10.8. The van der Waals surface area contributed by atoms with Crippen molar-refractivity contribution in [3.63, 3.8) is 0 Å². The standard InChI is InChI=1S/C30H42N8O5/c1-6-35(7-2)29(40)20-10-8-13-37(18-20)30-33-27(32-21-16-22(41-3)26(43-5)23(17-21)42-4)25-28(34-30)38(19-31-25)15-14-36-12-9-11-24(36)39/h16-17,19-20H,6-15,18H2,1-5H3,(H,32,33,34). The van der Waals surface area contributed by atoms with E-state index in [0.29, 0.717) is 85.0 Å². The lowest BCUT2D eigenvalue weighted by molar-refractivity contribution is -0.135. The van der Waals surface area contributed by atoms with Crippen LogP contribution in [0.1, 0.15) is 39.5 Å². The molecule has 0 radical (unpaired) electrons. The minimum atomic E-state index is -0.120. The zero-order valence-corrected chi connectivity index (χ0v) is 25.8. The summed E-state index contributed by atoms with van der Waals surface area (Å²) in [5.41, 5.74) is 1.92. The second kappa shape index (κ2) is 13.3. The van der Waals surface area contributed by atoms with Crippen molar-refractivity contribution in [3.05, 3.63) is 18.5 Å². The van der Waals surface area contributed by atoms with Crippen molar-refractivity contribution in [1.82, 2.24) is 29.3 Å². The van der Waals surface area contributed by atoms with E-state index in [1.54, 1.807) is 27.7 Å². The molecule has 1 aromatic carbocycles. The Morgan fingerprint density at radius 2 is 1.77 bits per heavy atom. The van der Waals surface area contributed by atoms with E-state index in [9.17, 15) is 9.59 Å². The molecule has 232 valence electrons. The van der Waals surface area contributed by atoms with Crippen molar-refractivity contribution >= 4 is 40.4 Å². The lowest BCUT2D eigenvalue weighted by Crippen LogP contribution is -2.45. The molecule has 1 N–H and O–H groups in total. The molecule has 13 nitrogen and oxygen atoms in total. The molecule has 2 saturated heterocycles. The van der Waals surface area contributed by atoms with Crippen LogP contribution in [0.4, 0.5) is 17.5 Å². The van der Waals surface area contributed by atoms with Gasteiger partial charge in [0.05, 0.1) is 33.6 Å². The molecule has 3 aromatic rings. The Balaban J connectivity index is 1.51. The first-order valence-electron chi connectivity index (χ1n) is 15.0. The number of benzene rings is 1. The monoisotopic (exact) mass is 594 g/mol. The molecule has 2 amide bonds. The highest BCUT2D eigenvalue weighted by Gasteiger charge is 2.30. The fraction of sp³-hybridized carbons (Fsp3) is 0.567. The van der Waals surface area contributed by atoms with Crippen LogP contribution < -0.4 is 24.4 Å². The smallest absolute Gasteiger partial charge is 0.229 e. The third-order valence-corrected chi connectivity index (χ3v) is 8.29. The summed E-state index contributed by atoms with van der Waals surface area (Å²) in [7, 11) is 4.70. The molecule has 2 aliphatic heterocycles. The van der Waals surface area contributed by atoms with E-state index in [1.165, 1.54) is 0 Å². The number of anilines is 3. The first-order chi connectivity index (χ1) is 20.9. The predicted octanol–water partition coefficient (Wildman–Crippen LogP) is 3.30. The maximum absolute atomic E-state index is 13.2. The molecule has 5 rings (SSSR count). The zero-order chi connectivity index (χ0) is 30.5. The molecule has 0 spiro atoms. The van der Waals surface area contributed by atoms with Crippen molar-refractivity contribution in [2.24, 2.45) is 5.92 Å². The summed E-state index contributed by atoms with van der Waals surface area (Å²) < 4.78 is 18.6. The first-order valence-corrected chi connectivity index (χ1v) is 15.0. The molecule has 13 heteroatoms. The summed E-state index contributed by atoms with van der Waals surface area (Å²) in [6.45, 7) is 8.61. The maximum atomic E-state index is 13.2. The first kappa shape index (κ1) is 30.2. The molecule has 0 aliphatic carbocycles. The SMILES string of the molecule is CCN(CC)C(=O)C1CCCN(c2nc(Nc3cc(OC)c(OC)c(OC)c3)c3ncn(CCN4CCCC4=O)c3n2)C1. The number of methoxy groups -OCH3 is 3. The molecule has 0 bridgehead atoms. The van der Waals surface area contributed by atoms with Gasteiger partial charge in [-0.1, -0.05) is 0 Å². The number of hydrogen-bond donors (Lipinski definition) is 1. The van der Waals surface area contributed by atoms with Crippen LogP contribution in [-0.4, -0.2) is 102 Å². The average Bonchev–Trinajstić information content (AvgIpc) is 3.65. The number of fused-ring (bicyclic) bond motifs is 1. The van der Waals surface area contributed by atoms with Gasteiger partial charge in [-0.05, 0) is 33.1 Å². The quantitative estimate of drug-likeness (QED) is 0.334. The van der Waals surface area contributed by atoms with Crippen LogP contribution in [0.5, 0.6) is 17.2 Å². The topological polar surface area (TPSA) is 127 Å². The molecule has 43 heavy (non-hydrogen) atoms. The minimum absolute atomic E-state index is 0.120. The lowest BCUT2D eigenvalue weighted by atomic mass is 9.96. The Labute approximate surface area is 252 Å². The van der Waals surface area contributed by atoms with Gasteiger partial charge in [0.2, 0.25) is 23.5 Å². The number of ether oxygens (including phenoxy) is 3. The third kappa shape index (κ3) is 6.25. The zero-order valence-electron chi connectivity index (χ0n) is 25.8. The summed E-state index contributed by atoms with van der Waals surface area (Å²) in [5, 5.41) is 3.41. The van der Waals surface area contributed by atoms with Gasteiger partial charge in [0, 0.05) is 70.1 Å². The fourth-order valence-corrected chi connectivity index (χ4v) is 5.94. The molecule has 1 unspecified atom stereocenters. The van der Waals surface area contributed by atoms with Gasteiger partial charge in [-0.15, -0.1) is 0 Å². The second-order valence-electron chi connectivity index (χ2n) is 10.8. The highest BCUT2D eigenvalue weighted by atomic mass is 16.5. The number of carbonyl (C=O) groups is 2. The van der Waals surface area contributed by atoms with Gasteiger partial charge in [0.1, 0.15) is 0 Å². The van der Waals surface area contributed by atoms with E-state index >= 15 is 0 Å². The number of nitrogens with zero attached hydrogens (tertiary/aromatic N) is 7. The Bertz CT molecular complexity index is 1430. The number of nitrogens with one attached hydrogen (secondary N) is 1. The van der Waals surface area contributed by atoms with Crippen LogP contribution in [0.25, 0.3) is 11.2 Å². The number of rotatable bonds is 12. The molecule has 2 fully saturated rings. The summed E-state index contributed by atoms with van der Waals surface area (Å²) in [6.07, 6.45) is 4.94. The molecular formula is C30H42N8O5. The predicted molar refractivity (Wildman–Crippen MR) is 163 cm³/mol. The number of amides is 2. The normalized spacial score (nSPS) is 17.0. The number of aromatic nitrogens is 4. The van der Waals surface area contributed by atoms with Crippen LogP contribution in [0.3, 0.4) is 0 Å². The van der Waals surface area contributed by atoms with Gasteiger partial charge < -0.3 is 38.8 Å². The van der Waals surface area contributed by atoms with Crippen molar-refractivity contribution in [3.8, 4) is 17.2 Å². The van der Waals surface area contributed by atoms with Crippen molar-refractivity contribution in [1.29, 1.82) is 0 Å². The van der Waals surface area contributed by atoms with Crippen molar-refractivity contribution < 1.29 is 23.8 Å². The van der Waals surface area contributed by atoms with Gasteiger partial charge in [-0.3, -0.25) is 9.59 Å². The number of carbonyl (C=O) groups excluding carboxylic acids is 2. The van der Waals surface area contributed by atoms with Gasteiger partial charge >= 0.3 is 0 Å². The van der Waals surface area contributed by atoms with Crippen LogP contribution in [0.15, 0.2) is 18.5 Å². The largest absolute Gasteiger partial charge is 0.493 e. The molecule has 2 aliphatic rings. The van der Waals surface area contributed by atoms with Crippen LogP contribution in [-0.2, 0) is 16.1 Å². The Morgan fingerprint density at radius 1 is 1.02 bits per heavy atom. The van der Waals surface area contributed by atoms with Crippen LogP contribution in [0, 0.1) is 5.92 Å². The van der Waals surface area contributed by atoms with Crippen LogP contribution in [0.2, 0.25) is 0 Å². The molecule has 2 aromatic heterocycles. The molecular weight excluding hydrogens is 552 g/mol. The molecule has 0 saturated carbocycles. The van der Waals surface area contributed by atoms with Crippen molar-refractivity contribution in [2.45, 2.75) is 46.1 Å². The fourth-order valence-electron chi connectivity index (χ4n) is 5.94. The Morgan fingerprint density at radius 3 is 2.40 bits per heavy atom. The van der Waals surface area contributed by atoms with E-state index in [-0.39, 0.29) is 17.7 Å². The molecule has 4 heterocycles. The van der Waals surface area contributed by atoms with Gasteiger partial charge in [-0.2, -0.15) is 9.97 Å². The maximum Gasteiger partial charge on any atom is 0.229 e. The summed E-state index contributed by atoms with van der Waals surface area (Å²) in [5.74, 6) is 2.77. The van der Waals surface area contributed by atoms with Gasteiger partial charge in [-0.25, -0.2) is 4.98 Å². The lowest BCUT2D eigenvalue weighted by Gasteiger charge is -2.34. The van der Waals surface area contributed by atoms with E-state index < -0.39 is 0 Å². The van der Waals surface area contributed by atoms with E-state index in [1.807, 2.05) is 40.3 Å². The third-order valence-electron chi connectivity index (χ3n) is 8.29. The summed E-state index contributed by atoms with van der Waals surface area (Å²) in [6, 6.07) is 3.62. The summed E-state index contributed by atoms with van der Waals surface area (Å²) >= 11 is 0. The number of likely N-dealkylation sites (tertiary alicyclic amines) is 1. The van der Waals surface area contributed by atoms with E-state index in [0.717, 1.165) is 32.4 Å². The average molecular weight is 595 g/mol. The number of hydrogen-bond acceptors (Lipinski definition) is 10. The van der Waals surface area contributed by atoms with Crippen molar-refractivity contribution in [2.75, 3.05) is 70.8 Å². The van der Waals surface area contributed by atoms with Crippen LogP contribution >= 0.6 is 0 Å². The number of piperidine rings is 1. The minimum Gasteiger partial charge on any atom is -0.493 e. The van der Waals surface area contributed by atoms with E-state index in [4.69, 9.17) is 24.2 Å². The summed E-state index contributed by atoms with van der Waals surface area (Å²) in [4.78, 5) is 46.0. The number of imidazole rings is 1. The Kier molecular flexibility index (Phi) is 9.37. The highest BCUT2D eigenvalue weighted by molar-refractivity contribution is 5.87. The highest BCUT2D eigenvalue weighted by Crippen LogP contribution is 2.41.